The molecule has 0 atom stereocenters. The van der Waals surface area contributed by atoms with Gasteiger partial charge in [-0.25, -0.2) is 0 Å². The van der Waals surface area contributed by atoms with E-state index in [0.29, 0.717) is 6.04 Å². The minimum atomic E-state index is 0.122. The highest BCUT2D eigenvalue weighted by atomic mass is 16.2. The molecule has 1 aromatic heterocycles. The molecule has 144 valence electrons. The molecule has 0 saturated carbocycles. The first-order valence-electron chi connectivity index (χ1n) is 9.86. The van der Waals surface area contributed by atoms with Gasteiger partial charge in [-0.2, -0.15) is 5.10 Å². The topological polar surface area (TPSA) is 52.2 Å². The number of hydrogen-bond acceptors (Lipinski definition) is 3. The van der Waals surface area contributed by atoms with Crippen LogP contribution < -0.4 is 0 Å². The van der Waals surface area contributed by atoms with E-state index in [1.54, 1.807) is 0 Å². The summed E-state index contributed by atoms with van der Waals surface area (Å²) in [5.41, 5.74) is 3.74. The van der Waals surface area contributed by atoms with Crippen LogP contribution in [-0.4, -0.2) is 58.1 Å². The number of aromatic amines is 1. The van der Waals surface area contributed by atoms with E-state index in [4.69, 9.17) is 0 Å². The Kier molecular flexibility index (Phi) is 5.26. The molecule has 4 rings (SSSR count). The summed E-state index contributed by atoms with van der Waals surface area (Å²) in [5, 5.41) is 8.50. The average molecular weight is 374 g/mol. The molecule has 1 N–H and O–H groups in total. The monoisotopic (exact) mass is 374 g/mol. The highest BCUT2D eigenvalue weighted by Gasteiger charge is 2.23. The Hall–Kier alpha value is -2.92. The normalized spacial score (nSPS) is 15.8. The molecule has 0 bridgehead atoms. The van der Waals surface area contributed by atoms with Crippen molar-refractivity contribution in [2.45, 2.75) is 19.9 Å². The summed E-state index contributed by atoms with van der Waals surface area (Å²) in [6.07, 6.45) is 4.03. The first-order chi connectivity index (χ1) is 13.6. The number of nitrogens with zero attached hydrogens (tertiary/aromatic N) is 3. The molecule has 1 aliphatic heterocycles. The van der Waals surface area contributed by atoms with Crippen LogP contribution in [0.3, 0.4) is 0 Å². The van der Waals surface area contributed by atoms with E-state index in [1.165, 1.54) is 0 Å². The van der Waals surface area contributed by atoms with Crippen molar-refractivity contribution in [2.24, 2.45) is 0 Å². The number of nitrogens with one attached hydrogen (secondary N) is 1. The third-order valence-corrected chi connectivity index (χ3v) is 5.42. The largest absolute Gasteiger partial charge is 0.336 e. The van der Waals surface area contributed by atoms with E-state index < -0.39 is 0 Å². The summed E-state index contributed by atoms with van der Waals surface area (Å²) >= 11 is 0. The van der Waals surface area contributed by atoms with Crippen molar-refractivity contribution in [3.05, 3.63) is 65.4 Å². The third-order valence-electron chi connectivity index (χ3n) is 5.42. The molecule has 28 heavy (non-hydrogen) atoms. The van der Waals surface area contributed by atoms with Crippen LogP contribution >= 0.6 is 0 Å². The Morgan fingerprint density at radius 1 is 1.00 bits per heavy atom. The van der Waals surface area contributed by atoms with Crippen LogP contribution in [0.15, 0.2) is 48.5 Å². The number of benzene rings is 2. The van der Waals surface area contributed by atoms with E-state index in [2.05, 4.69) is 35.0 Å². The highest BCUT2D eigenvalue weighted by molar-refractivity contribution is 5.95. The van der Waals surface area contributed by atoms with Gasteiger partial charge in [0.2, 0.25) is 0 Å². The number of aromatic nitrogens is 2. The van der Waals surface area contributed by atoms with E-state index in [1.807, 2.05) is 59.5 Å². The highest BCUT2D eigenvalue weighted by Crippen LogP contribution is 2.18. The molecule has 3 aromatic rings. The number of fused-ring (bicyclic) bond motifs is 1. The zero-order chi connectivity index (χ0) is 19.5. The molecule has 1 fully saturated rings. The van der Waals surface area contributed by atoms with Crippen molar-refractivity contribution in [3.8, 4) is 0 Å². The molecular formula is C23H26N4O. The lowest BCUT2D eigenvalue weighted by Gasteiger charge is -2.37. The Labute approximate surface area is 165 Å². The van der Waals surface area contributed by atoms with E-state index in [-0.39, 0.29) is 5.91 Å². The van der Waals surface area contributed by atoms with E-state index >= 15 is 0 Å². The van der Waals surface area contributed by atoms with E-state index in [9.17, 15) is 4.79 Å². The van der Waals surface area contributed by atoms with Crippen molar-refractivity contribution < 1.29 is 4.79 Å². The Bertz CT molecular complexity index is 979. The second kappa shape index (κ2) is 7.98. The van der Waals surface area contributed by atoms with Gasteiger partial charge in [-0.1, -0.05) is 36.4 Å². The zero-order valence-corrected chi connectivity index (χ0v) is 16.4. The van der Waals surface area contributed by atoms with Crippen LogP contribution in [0.5, 0.6) is 0 Å². The number of para-hydroxylation sites is 1. The molecule has 2 aromatic carbocycles. The standard InChI is InChI=1S/C23H26N4O/c1-17(2)26-13-15-27(16-14-26)23(28)19-10-7-18(8-11-19)9-12-22-20-5-3-4-6-21(20)24-25-22/h3-12,17H,13-16H2,1-2H3,(H,24,25). The molecule has 5 heteroatoms. The minimum Gasteiger partial charge on any atom is -0.336 e. The summed E-state index contributed by atoms with van der Waals surface area (Å²) in [6.45, 7) is 7.89. The van der Waals surface area contributed by atoms with Gasteiger partial charge in [0.25, 0.3) is 5.91 Å². The van der Waals surface area contributed by atoms with Crippen molar-refractivity contribution in [1.82, 2.24) is 20.0 Å². The maximum Gasteiger partial charge on any atom is 0.253 e. The van der Waals surface area contributed by atoms with Crippen LogP contribution in [0.25, 0.3) is 23.1 Å². The third kappa shape index (κ3) is 3.85. The van der Waals surface area contributed by atoms with Gasteiger partial charge in [-0.15, -0.1) is 0 Å². The van der Waals surface area contributed by atoms with Gasteiger partial charge in [-0.05, 0) is 43.7 Å². The van der Waals surface area contributed by atoms with Crippen LogP contribution in [0.1, 0.15) is 35.5 Å². The van der Waals surface area contributed by atoms with Crippen molar-refractivity contribution in [3.63, 3.8) is 0 Å². The van der Waals surface area contributed by atoms with Gasteiger partial charge in [0.1, 0.15) is 0 Å². The maximum absolute atomic E-state index is 12.8. The molecule has 2 heterocycles. The number of amides is 1. The molecule has 0 unspecified atom stereocenters. The number of hydrogen-bond donors (Lipinski definition) is 1. The second-order valence-corrected chi connectivity index (χ2v) is 7.53. The molecule has 1 amide bonds. The van der Waals surface area contributed by atoms with Gasteiger partial charge in [-0.3, -0.25) is 14.8 Å². The quantitative estimate of drug-likeness (QED) is 0.754. The Morgan fingerprint density at radius 2 is 1.71 bits per heavy atom. The van der Waals surface area contributed by atoms with Gasteiger partial charge in [0, 0.05) is 43.2 Å². The number of carbonyl (C=O) groups excluding carboxylic acids is 1. The summed E-state index contributed by atoms with van der Waals surface area (Å²) < 4.78 is 0. The summed E-state index contributed by atoms with van der Waals surface area (Å²) in [5.74, 6) is 0.122. The number of H-pyrrole nitrogens is 1. The molecule has 1 saturated heterocycles. The number of piperazine rings is 1. The smallest absolute Gasteiger partial charge is 0.253 e. The minimum absolute atomic E-state index is 0.122. The summed E-state index contributed by atoms with van der Waals surface area (Å²) in [7, 11) is 0. The fraction of sp³-hybridized carbons (Fsp3) is 0.304. The SMILES string of the molecule is CC(C)N1CCN(C(=O)c2ccc(C=Cc3n[nH]c4ccccc34)cc2)CC1. The van der Waals surface area contributed by atoms with Crippen molar-refractivity contribution in [2.75, 3.05) is 26.2 Å². The molecular weight excluding hydrogens is 348 g/mol. The van der Waals surface area contributed by atoms with Crippen molar-refractivity contribution in [1.29, 1.82) is 0 Å². The summed E-state index contributed by atoms with van der Waals surface area (Å²) in [4.78, 5) is 17.1. The molecule has 0 aliphatic carbocycles. The molecule has 0 spiro atoms. The maximum atomic E-state index is 12.8. The van der Waals surface area contributed by atoms with Crippen LogP contribution in [0, 0.1) is 0 Å². The lowest BCUT2D eigenvalue weighted by Crippen LogP contribution is -2.50. The Morgan fingerprint density at radius 3 is 2.43 bits per heavy atom. The van der Waals surface area contributed by atoms with Crippen molar-refractivity contribution >= 4 is 29.0 Å². The fourth-order valence-electron chi connectivity index (χ4n) is 3.65. The van der Waals surface area contributed by atoms with Gasteiger partial charge in [0.15, 0.2) is 0 Å². The fourth-order valence-corrected chi connectivity index (χ4v) is 3.65. The van der Waals surface area contributed by atoms with E-state index in [0.717, 1.165) is 53.9 Å². The van der Waals surface area contributed by atoms with Gasteiger partial charge < -0.3 is 4.90 Å². The molecule has 1 aliphatic rings. The second-order valence-electron chi connectivity index (χ2n) is 7.53. The number of rotatable bonds is 4. The average Bonchev–Trinajstić information content (AvgIpc) is 3.15. The first kappa shape index (κ1) is 18.4. The van der Waals surface area contributed by atoms with Gasteiger partial charge >= 0.3 is 0 Å². The summed E-state index contributed by atoms with van der Waals surface area (Å²) in [6, 6.07) is 16.4. The predicted octanol–water partition coefficient (Wildman–Crippen LogP) is 3.90. The van der Waals surface area contributed by atoms with Crippen LogP contribution in [0.2, 0.25) is 0 Å². The van der Waals surface area contributed by atoms with Crippen LogP contribution in [-0.2, 0) is 0 Å². The van der Waals surface area contributed by atoms with Crippen LogP contribution in [0.4, 0.5) is 0 Å². The molecule has 0 radical (unpaired) electrons. The number of carbonyl (C=O) groups is 1. The lowest BCUT2D eigenvalue weighted by molar-refractivity contribution is 0.0595. The lowest BCUT2D eigenvalue weighted by atomic mass is 10.1. The zero-order valence-electron chi connectivity index (χ0n) is 16.4. The first-order valence-corrected chi connectivity index (χ1v) is 9.86. The predicted molar refractivity (Wildman–Crippen MR) is 114 cm³/mol. The Balaban J connectivity index is 1.42. The van der Waals surface area contributed by atoms with Gasteiger partial charge in [0.05, 0.1) is 11.2 Å². The molecule has 5 nitrogen and oxygen atoms in total.